The third kappa shape index (κ3) is 4.19. The summed E-state index contributed by atoms with van der Waals surface area (Å²) in [4.78, 5) is 16.9. The Morgan fingerprint density at radius 2 is 1.72 bits per heavy atom. The lowest BCUT2D eigenvalue weighted by atomic mass is 9.94. The van der Waals surface area contributed by atoms with E-state index in [-0.39, 0.29) is 17.6 Å². The smallest absolute Gasteiger partial charge is 0.253 e. The average molecular weight is 340 g/mol. The first-order chi connectivity index (χ1) is 12.0. The van der Waals surface area contributed by atoms with Crippen molar-refractivity contribution in [3.05, 3.63) is 65.5 Å². The molecule has 1 amide bonds. The quantitative estimate of drug-likeness (QED) is 0.832. The number of benzene rings is 2. The highest BCUT2D eigenvalue weighted by Crippen LogP contribution is 2.27. The molecule has 0 spiro atoms. The summed E-state index contributed by atoms with van der Waals surface area (Å²) < 4.78 is 13.2. The van der Waals surface area contributed by atoms with Crippen molar-refractivity contribution in [2.75, 3.05) is 32.1 Å². The number of halogens is 1. The van der Waals surface area contributed by atoms with Gasteiger partial charge in [-0.05, 0) is 54.8 Å². The van der Waals surface area contributed by atoms with Gasteiger partial charge in [-0.1, -0.05) is 18.6 Å². The molecule has 1 heterocycles. The lowest BCUT2D eigenvalue weighted by Crippen LogP contribution is -2.34. The molecule has 1 aliphatic rings. The molecule has 1 fully saturated rings. The Kier molecular flexibility index (Phi) is 5.37. The van der Waals surface area contributed by atoms with Gasteiger partial charge in [-0.25, -0.2) is 4.39 Å². The molecule has 0 aliphatic carbocycles. The maximum absolute atomic E-state index is 13.2. The summed E-state index contributed by atoms with van der Waals surface area (Å²) in [5.41, 5.74) is 2.92. The van der Waals surface area contributed by atoms with E-state index in [2.05, 4.69) is 0 Å². The van der Waals surface area contributed by atoms with E-state index in [4.69, 9.17) is 0 Å². The van der Waals surface area contributed by atoms with E-state index in [1.165, 1.54) is 12.1 Å². The van der Waals surface area contributed by atoms with Crippen molar-refractivity contribution in [3.8, 4) is 0 Å². The maximum Gasteiger partial charge on any atom is 0.253 e. The molecule has 0 bridgehead atoms. The number of likely N-dealkylation sites (tertiary alicyclic amines) is 1. The number of hydrogen-bond donors (Lipinski definition) is 0. The van der Waals surface area contributed by atoms with Crippen molar-refractivity contribution in [1.82, 2.24) is 4.90 Å². The van der Waals surface area contributed by atoms with E-state index in [1.54, 1.807) is 0 Å². The first-order valence-corrected chi connectivity index (χ1v) is 8.87. The zero-order valence-corrected chi connectivity index (χ0v) is 14.9. The Morgan fingerprint density at radius 1 is 1.04 bits per heavy atom. The van der Waals surface area contributed by atoms with Gasteiger partial charge in [0.05, 0.1) is 0 Å². The van der Waals surface area contributed by atoms with Gasteiger partial charge in [0.1, 0.15) is 5.82 Å². The van der Waals surface area contributed by atoms with Crippen molar-refractivity contribution in [1.29, 1.82) is 0 Å². The van der Waals surface area contributed by atoms with Crippen molar-refractivity contribution in [2.24, 2.45) is 0 Å². The van der Waals surface area contributed by atoms with Crippen LogP contribution in [0.1, 0.15) is 41.1 Å². The van der Waals surface area contributed by atoms with Gasteiger partial charge in [0.25, 0.3) is 5.91 Å². The van der Waals surface area contributed by atoms with Crippen LogP contribution in [0.5, 0.6) is 0 Å². The predicted molar refractivity (Wildman–Crippen MR) is 99.7 cm³/mol. The summed E-state index contributed by atoms with van der Waals surface area (Å²) in [6.07, 6.45) is 3.14. The molecule has 1 unspecified atom stereocenters. The van der Waals surface area contributed by atoms with E-state index in [0.717, 1.165) is 42.6 Å². The number of anilines is 1. The molecule has 0 radical (unpaired) electrons. The van der Waals surface area contributed by atoms with Gasteiger partial charge in [-0.2, -0.15) is 0 Å². The van der Waals surface area contributed by atoms with E-state index in [1.807, 2.05) is 60.3 Å². The second-order valence-corrected chi connectivity index (χ2v) is 6.94. The first kappa shape index (κ1) is 17.5. The van der Waals surface area contributed by atoms with E-state index < -0.39 is 0 Å². The lowest BCUT2D eigenvalue weighted by Gasteiger charge is -2.25. The summed E-state index contributed by atoms with van der Waals surface area (Å²) in [7, 11) is 3.97. The molecule has 2 aromatic carbocycles. The second-order valence-electron chi connectivity index (χ2n) is 6.94. The van der Waals surface area contributed by atoms with Crippen LogP contribution in [0.25, 0.3) is 0 Å². The lowest BCUT2D eigenvalue weighted by molar-refractivity contribution is 0.0754. The molecule has 1 saturated heterocycles. The summed E-state index contributed by atoms with van der Waals surface area (Å²) in [5.74, 6) is 0.138. The topological polar surface area (TPSA) is 23.6 Å². The third-order valence-corrected chi connectivity index (χ3v) is 4.93. The molecule has 3 nitrogen and oxygen atoms in total. The highest BCUT2D eigenvalue weighted by Gasteiger charge is 2.24. The van der Waals surface area contributed by atoms with E-state index in [9.17, 15) is 9.18 Å². The molecular weight excluding hydrogens is 315 g/mol. The fraction of sp³-hybridized carbons (Fsp3) is 0.381. The van der Waals surface area contributed by atoms with Gasteiger partial charge in [0, 0.05) is 44.4 Å². The molecular formula is C21H25FN2O. The maximum atomic E-state index is 13.2. The minimum Gasteiger partial charge on any atom is -0.378 e. The van der Waals surface area contributed by atoms with Gasteiger partial charge in [0.15, 0.2) is 0 Å². The van der Waals surface area contributed by atoms with Crippen molar-refractivity contribution >= 4 is 11.6 Å². The predicted octanol–water partition coefficient (Wildman–Crippen LogP) is 4.30. The standard InChI is InChI=1S/C21H25FN2O/c1-23(2)20-12-8-17(9-13-20)21(25)24-14-4-3-5-18(15-24)16-6-10-19(22)11-7-16/h6-13,18H,3-5,14-15H2,1-2H3. The largest absolute Gasteiger partial charge is 0.378 e. The summed E-state index contributed by atoms with van der Waals surface area (Å²) in [5, 5.41) is 0. The number of carbonyl (C=O) groups is 1. The van der Waals surface area contributed by atoms with Crippen LogP contribution in [0.4, 0.5) is 10.1 Å². The van der Waals surface area contributed by atoms with Crippen LogP contribution in [-0.4, -0.2) is 38.0 Å². The third-order valence-electron chi connectivity index (χ3n) is 4.93. The summed E-state index contributed by atoms with van der Waals surface area (Å²) in [6, 6.07) is 14.5. The van der Waals surface area contributed by atoms with Crippen LogP contribution in [0.3, 0.4) is 0 Å². The Balaban J connectivity index is 1.75. The van der Waals surface area contributed by atoms with Gasteiger partial charge in [-0.3, -0.25) is 4.79 Å². The molecule has 1 atom stereocenters. The molecule has 25 heavy (non-hydrogen) atoms. The van der Waals surface area contributed by atoms with Crippen LogP contribution in [-0.2, 0) is 0 Å². The molecule has 1 aliphatic heterocycles. The molecule has 0 saturated carbocycles. The zero-order valence-electron chi connectivity index (χ0n) is 14.9. The van der Waals surface area contributed by atoms with Gasteiger partial charge >= 0.3 is 0 Å². The fourth-order valence-electron chi connectivity index (χ4n) is 3.42. The van der Waals surface area contributed by atoms with Gasteiger partial charge < -0.3 is 9.80 Å². The van der Waals surface area contributed by atoms with Crippen LogP contribution in [0.15, 0.2) is 48.5 Å². The molecule has 4 heteroatoms. The second kappa shape index (κ2) is 7.68. The highest BCUT2D eigenvalue weighted by molar-refractivity contribution is 5.94. The number of amides is 1. The number of hydrogen-bond acceptors (Lipinski definition) is 2. The first-order valence-electron chi connectivity index (χ1n) is 8.87. The Hall–Kier alpha value is -2.36. The van der Waals surface area contributed by atoms with Crippen molar-refractivity contribution in [3.63, 3.8) is 0 Å². The van der Waals surface area contributed by atoms with E-state index in [0.29, 0.717) is 6.54 Å². The normalized spacial score (nSPS) is 17.9. The molecule has 0 N–H and O–H groups in total. The number of nitrogens with zero attached hydrogens (tertiary/aromatic N) is 2. The molecule has 0 aromatic heterocycles. The average Bonchev–Trinajstić information content (AvgIpc) is 2.88. The van der Waals surface area contributed by atoms with Crippen molar-refractivity contribution in [2.45, 2.75) is 25.2 Å². The molecule has 132 valence electrons. The van der Waals surface area contributed by atoms with Crippen LogP contribution in [0, 0.1) is 5.82 Å². The minimum absolute atomic E-state index is 0.0827. The van der Waals surface area contributed by atoms with Crippen LogP contribution < -0.4 is 4.90 Å². The Labute approximate surface area is 149 Å². The SMILES string of the molecule is CN(C)c1ccc(C(=O)N2CCCCC(c3ccc(F)cc3)C2)cc1. The fourth-order valence-corrected chi connectivity index (χ4v) is 3.42. The Morgan fingerprint density at radius 3 is 2.36 bits per heavy atom. The zero-order chi connectivity index (χ0) is 17.8. The van der Waals surface area contributed by atoms with Crippen molar-refractivity contribution < 1.29 is 9.18 Å². The van der Waals surface area contributed by atoms with Gasteiger partial charge in [0.2, 0.25) is 0 Å². The number of rotatable bonds is 3. The molecule has 2 aromatic rings. The monoisotopic (exact) mass is 340 g/mol. The highest BCUT2D eigenvalue weighted by atomic mass is 19.1. The summed E-state index contributed by atoms with van der Waals surface area (Å²) in [6.45, 7) is 1.48. The minimum atomic E-state index is -0.216. The summed E-state index contributed by atoms with van der Waals surface area (Å²) >= 11 is 0. The van der Waals surface area contributed by atoms with E-state index >= 15 is 0 Å². The number of carbonyl (C=O) groups excluding carboxylic acids is 1. The molecule has 3 rings (SSSR count). The van der Waals surface area contributed by atoms with Crippen LogP contribution in [0.2, 0.25) is 0 Å². The van der Waals surface area contributed by atoms with Crippen LogP contribution >= 0.6 is 0 Å². The van der Waals surface area contributed by atoms with Gasteiger partial charge in [-0.15, -0.1) is 0 Å². The Bertz CT molecular complexity index is 710.